The maximum atomic E-state index is 13.8. The van der Waals surface area contributed by atoms with Crippen LogP contribution in [-0.2, 0) is 28.7 Å². The molecule has 13 heteroatoms. The van der Waals surface area contributed by atoms with Crippen molar-refractivity contribution in [1.29, 1.82) is 0 Å². The summed E-state index contributed by atoms with van der Waals surface area (Å²) < 4.78 is 10.5. The van der Waals surface area contributed by atoms with Crippen molar-refractivity contribution >= 4 is 35.0 Å². The minimum absolute atomic E-state index is 0.000392. The molecule has 0 saturated carbocycles. The van der Waals surface area contributed by atoms with Gasteiger partial charge in [0, 0.05) is 19.4 Å². The average Bonchev–Trinajstić information content (AvgIpc) is 3.57. The van der Waals surface area contributed by atoms with E-state index in [1.165, 1.54) is 4.90 Å². The monoisotopic (exact) mass is 632 g/mol. The van der Waals surface area contributed by atoms with E-state index in [-0.39, 0.29) is 64.2 Å². The second-order valence-corrected chi connectivity index (χ2v) is 12.9. The molecule has 4 N–H and O–H groups in total. The molecule has 0 spiro atoms. The smallest absolute Gasteiger partial charge is 0.305 e. The number of carboxylic acid groups (broad SMARTS) is 1. The number of hydrogen-bond donors (Lipinski definition) is 4. The van der Waals surface area contributed by atoms with E-state index in [0.29, 0.717) is 0 Å². The van der Waals surface area contributed by atoms with Gasteiger partial charge in [-0.05, 0) is 30.4 Å². The third kappa shape index (κ3) is 10.1. The molecule has 44 heavy (non-hydrogen) atoms. The highest BCUT2D eigenvalue weighted by atomic mass is 32.1. The molecule has 4 unspecified atom stereocenters. The van der Waals surface area contributed by atoms with Crippen LogP contribution in [0, 0.1) is 12.3 Å². The van der Waals surface area contributed by atoms with Crippen LogP contribution in [-0.4, -0.2) is 94.9 Å². The van der Waals surface area contributed by atoms with E-state index in [2.05, 4.69) is 15.6 Å². The highest BCUT2D eigenvalue weighted by Crippen LogP contribution is 2.29. The zero-order valence-corrected chi connectivity index (χ0v) is 26.8. The van der Waals surface area contributed by atoms with Gasteiger partial charge in [0.15, 0.2) is 0 Å². The zero-order chi connectivity index (χ0) is 32.4. The molecule has 2 heterocycles. The van der Waals surface area contributed by atoms with Crippen LogP contribution in [0.3, 0.4) is 0 Å². The molecule has 4 atom stereocenters. The SMILES string of the molecule is Cc1ncsc1-c1ccc(C(C)NC(=O)C2CC(O)CN2C(=O)C(NC(=O)CCOCCOCCC(=O)O)C(C)(C)C)cc1. The highest BCUT2D eigenvalue weighted by molar-refractivity contribution is 7.13. The summed E-state index contributed by atoms with van der Waals surface area (Å²) in [6.07, 6.45) is -0.863. The molecular weight excluding hydrogens is 588 g/mol. The third-order valence-electron chi connectivity index (χ3n) is 7.37. The molecule has 12 nitrogen and oxygen atoms in total. The number of aryl methyl sites for hydroxylation is 1. The number of aliphatic carboxylic acids is 1. The van der Waals surface area contributed by atoms with Gasteiger partial charge in [-0.2, -0.15) is 0 Å². The van der Waals surface area contributed by atoms with Gasteiger partial charge >= 0.3 is 5.97 Å². The van der Waals surface area contributed by atoms with Gasteiger partial charge in [-0.15, -0.1) is 11.3 Å². The minimum Gasteiger partial charge on any atom is -0.481 e. The first kappa shape index (κ1) is 35.1. The van der Waals surface area contributed by atoms with E-state index in [9.17, 15) is 24.3 Å². The molecule has 0 aliphatic carbocycles. The number of aromatic nitrogens is 1. The third-order valence-corrected chi connectivity index (χ3v) is 8.34. The predicted octanol–water partition coefficient (Wildman–Crippen LogP) is 2.69. The lowest BCUT2D eigenvalue weighted by molar-refractivity contribution is -0.144. The lowest BCUT2D eigenvalue weighted by atomic mass is 9.85. The Balaban J connectivity index is 1.57. The van der Waals surface area contributed by atoms with Crippen LogP contribution in [0.2, 0.25) is 0 Å². The molecule has 0 bridgehead atoms. The van der Waals surface area contributed by atoms with Crippen LogP contribution in [0.25, 0.3) is 10.4 Å². The van der Waals surface area contributed by atoms with Gasteiger partial charge in [0.2, 0.25) is 17.7 Å². The molecule has 1 aliphatic heterocycles. The molecule has 3 rings (SSSR count). The summed E-state index contributed by atoms with van der Waals surface area (Å²) in [5.74, 6) is -2.15. The van der Waals surface area contributed by atoms with Crippen molar-refractivity contribution in [2.75, 3.05) is 33.0 Å². The van der Waals surface area contributed by atoms with E-state index in [1.807, 2.05) is 64.4 Å². The Bertz CT molecular complexity index is 1280. The fourth-order valence-corrected chi connectivity index (χ4v) is 5.71. The van der Waals surface area contributed by atoms with Gasteiger partial charge in [0.25, 0.3) is 0 Å². The van der Waals surface area contributed by atoms with E-state index in [1.54, 1.807) is 11.3 Å². The van der Waals surface area contributed by atoms with Crippen molar-refractivity contribution in [3.8, 4) is 10.4 Å². The Morgan fingerprint density at radius 1 is 1.05 bits per heavy atom. The van der Waals surface area contributed by atoms with Crippen LogP contribution in [0.4, 0.5) is 0 Å². The van der Waals surface area contributed by atoms with E-state index >= 15 is 0 Å². The fourth-order valence-electron chi connectivity index (χ4n) is 4.89. The number of nitrogens with one attached hydrogen (secondary N) is 2. The first-order valence-electron chi connectivity index (χ1n) is 14.7. The second kappa shape index (κ2) is 16.1. The first-order chi connectivity index (χ1) is 20.8. The Kier molecular flexibility index (Phi) is 12.8. The van der Waals surface area contributed by atoms with Gasteiger partial charge in [0.05, 0.1) is 61.1 Å². The molecule has 1 fully saturated rings. The molecule has 1 aromatic heterocycles. The normalized spacial score (nSPS) is 18.1. The van der Waals surface area contributed by atoms with E-state index in [4.69, 9.17) is 14.6 Å². The Morgan fingerprint density at radius 3 is 2.25 bits per heavy atom. The first-order valence-corrected chi connectivity index (χ1v) is 15.6. The van der Waals surface area contributed by atoms with Gasteiger partial charge in [0.1, 0.15) is 12.1 Å². The molecule has 2 aromatic rings. The molecule has 1 aliphatic rings. The van der Waals surface area contributed by atoms with Crippen molar-refractivity contribution in [1.82, 2.24) is 20.5 Å². The maximum absolute atomic E-state index is 13.8. The van der Waals surface area contributed by atoms with E-state index in [0.717, 1.165) is 21.7 Å². The summed E-state index contributed by atoms with van der Waals surface area (Å²) in [4.78, 5) is 57.2. The maximum Gasteiger partial charge on any atom is 0.305 e. The number of carbonyl (C=O) groups is 4. The number of aliphatic hydroxyl groups excluding tert-OH is 1. The minimum atomic E-state index is -0.945. The quantitative estimate of drug-likeness (QED) is 0.216. The number of rotatable bonds is 15. The average molecular weight is 633 g/mol. The fraction of sp³-hybridized carbons (Fsp3) is 0.581. The highest BCUT2D eigenvalue weighted by Gasteiger charge is 2.44. The number of ether oxygens (including phenoxy) is 2. The van der Waals surface area contributed by atoms with Gasteiger partial charge in [-0.3, -0.25) is 19.2 Å². The Labute approximate surface area is 262 Å². The number of likely N-dealkylation sites (tertiary alicyclic amines) is 1. The summed E-state index contributed by atoms with van der Waals surface area (Å²) in [6.45, 7) is 9.86. The summed E-state index contributed by atoms with van der Waals surface area (Å²) in [5.41, 5.74) is 4.04. The van der Waals surface area contributed by atoms with Crippen molar-refractivity contribution in [2.45, 2.75) is 78.1 Å². The zero-order valence-electron chi connectivity index (χ0n) is 26.0. The van der Waals surface area contributed by atoms with Crippen LogP contribution < -0.4 is 10.6 Å². The van der Waals surface area contributed by atoms with Crippen molar-refractivity contribution in [2.24, 2.45) is 5.41 Å². The lowest BCUT2D eigenvalue weighted by Crippen LogP contribution is -2.58. The molecular formula is C31H44N4O8S. The number of nitrogens with zero attached hydrogens (tertiary/aromatic N) is 2. The van der Waals surface area contributed by atoms with Crippen LogP contribution in [0.1, 0.15) is 64.3 Å². The number of β-amino-alcohol motifs (C(OH)–C–C–N with tert-alkyl or cyclic N) is 1. The molecule has 1 aromatic carbocycles. The topological polar surface area (TPSA) is 167 Å². The van der Waals surface area contributed by atoms with Gasteiger partial charge in [-0.25, -0.2) is 4.98 Å². The summed E-state index contributed by atoms with van der Waals surface area (Å²) in [5, 5.41) is 24.8. The number of benzene rings is 1. The Hall–Kier alpha value is -3.39. The van der Waals surface area contributed by atoms with Crippen molar-refractivity contribution in [3.63, 3.8) is 0 Å². The summed E-state index contributed by atoms with van der Waals surface area (Å²) in [6, 6.07) is 5.73. The number of carboxylic acids is 1. The van der Waals surface area contributed by atoms with E-state index < -0.39 is 41.4 Å². The molecule has 0 radical (unpaired) electrons. The van der Waals surface area contributed by atoms with Crippen LogP contribution >= 0.6 is 11.3 Å². The number of thiazole rings is 1. The van der Waals surface area contributed by atoms with Crippen molar-refractivity contribution < 1.29 is 38.9 Å². The number of hydrogen-bond acceptors (Lipinski definition) is 9. The Morgan fingerprint density at radius 2 is 1.68 bits per heavy atom. The number of amides is 3. The molecule has 3 amide bonds. The summed E-state index contributed by atoms with van der Waals surface area (Å²) >= 11 is 1.57. The molecule has 242 valence electrons. The van der Waals surface area contributed by atoms with Crippen LogP contribution in [0.15, 0.2) is 29.8 Å². The lowest BCUT2D eigenvalue weighted by Gasteiger charge is -2.35. The van der Waals surface area contributed by atoms with Gasteiger partial charge < -0.3 is 35.2 Å². The largest absolute Gasteiger partial charge is 0.481 e. The number of carbonyl (C=O) groups excluding carboxylic acids is 3. The predicted molar refractivity (Wildman–Crippen MR) is 165 cm³/mol. The number of aliphatic hydroxyl groups is 1. The van der Waals surface area contributed by atoms with Crippen LogP contribution in [0.5, 0.6) is 0 Å². The van der Waals surface area contributed by atoms with Gasteiger partial charge in [-0.1, -0.05) is 45.0 Å². The standard InChI is InChI=1S/C31H44N4O8S/c1-19(21-6-8-22(9-7-21)27-20(2)32-18-44-27)33-29(40)24-16-23(36)17-35(24)30(41)28(31(3,4)5)34-25(37)10-12-42-14-15-43-13-11-26(38)39/h6-9,18-19,23-24,28,36H,10-17H2,1-5H3,(H,33,40)(H,34,37)(H,38,39). The van der Waals surface area contributed by atoms with Crippen molar-refractivity contribution in [3.05, 3.63) is 41.0 Å². The molecule has 1 saturated heterocycles. The second-order valence-electron chi connectivity index (χ2n) is 12.0. The summed E-state index contributed by atoms with van der Waals surface area (Å²) in [7, 11) is 0.